The van der Waals surface area contributed by atoms with Gasteiger partial charge in [-0.15, -0.1) is 0 Å². The molecule has 0 saturated carbocycles. The Balaban J connectivity index is 1.76. The Hall–Kier alpha value is -2.80. The lowest BCUT2D eigenvalue weighted by Crippen LogP contribution is -2.18. The monoisotopic (exact) mass is 291 g/mol. The minimum atomic E-state index is -0.198. The standard InChI is InChI=1S/C18H17N3O/c19-13-14-5-3-6-15(11-14)18(22)20-16-7-4-8-17(12-16)21-9-1-2-10-21/h3-8,11-12H,1-2,9-10H2,(H,20,22). The van der Waals surface area contributed by atoms with E-state index in [-0.39, 0.29) is 5.91 Å². The predicted octanol–water partition coefficient (Wildman–Crippen LogP) is 3.41. The molecule has 0 aromatic heterocycles. The van der Waals surface area contributed by atoms with E-state index in [0.717, 1.165) is 24.5 Å². The van der Waals surface area contributed by atoms with Gasteiger partial charge in [-0.3, -0.25) is 4.79 Å². The fourth-order valence-electron chi connectivity index (χ4n) is 2.69. The Bertz CT molecular complexity index is 727. The summed E-state index contributed by atoms with van der Waals surface area (Å²) in [5, 5.41) is 11.8. The van der Waals surface area contributed by atoms with E-state index in [9.17, 15) is 4.79 Å². The molecule has 0 radical (unpaired) electrons. The quantitative estimate of drug-likeness (QED) is 0.942. The number of hydrogen-bond acceptors (Lipinski definition) is 3. The van der Waals surface area contributed by atoms with Crippen LogP contribution in [0.25, 0.3) is 0 Å². The van der Waals surface area contributed by atoms with E-state index >= 15 is 0 Å². The highest BCUT2D eigenvalue weighted by molar-refractivity contribution is 6.04. The fraction of sp³-hybridized carbons (Fsp3) is 0.222. The van der Waals surface area contributed by atoms with Gasteiger partial charge in [0, 0.05) is 30.0 Å². The van der Waals surface area contributed by atoms with Crippen molar-refractivity contribution in [3.63, 3.8) is 0 Å². The Morgan fingerprint density at radius 1 is 1.09 bits per heavy atom. The average Bonchev–Trinajstić information content (AvgIpc) is 3.10. The summed E-state index contributed by atoms with van der Waals surface area (Å²) in [6, 6.07) is 16.7. The zero-order chi connectivity index (χ0) is 15.4. The lowest BCUT2D eigenvalue weighted by Gasteiger charge is -2.18. The molecule has 4 nitrogen and oxygen atoms in total. The van der Waals surface area contributed by atoms with Crippen LogP contribution >= 0.6 is 0 Å². The summed E-state index contributed by atoms with van der Waals surface area (Å²) in [5.41, 5.74) is 2.89. The average molecular weight is 291 g/mol. The molecule has 1 heterocycles. The van der Waals surface area contributed by atoms with Gasteiger partial charge in [-0.05, 0) is 49.2 Å². The highest BCUT2D eigenvalue weighted by Crippen LogP contribution is 2.23. The van der Waals surface area contributed by atoms with Gasteiger partial charge in [0.1, 0.15) is 0 Å². The van der Waals surface area contributed by atoms with Gasteiger partial charge in [0.2, 0.25) is 0 Å². The van der Waals surface area contributed by atoms with E-state index in [1.165, 1.54) is 12.8 Å². The van der Waals surface area contributed by atoms with Crippen LogP contribution in [-0.2, 0) is 0 Å². The maximum absolute atomic E-state index is 12.3. The first-order valence-corrected chi connectivity index (χ1v) is 7.43. The van der Waals surface area contributed by atoms with Crippen molar-refractivity contribution in [2.75, 3.05) is 23.3 Å². The second kappa shape index (κ2) is 6.31. The van der Waals surface area contributed by atoms with Crippen molar-refractivity contribution in [2.24, 2.45) is 0 Å². The molecule has 0 unspecified atom stereocenters. The number of nitriles is 1. The molecule has 1 saturated heterocycles. The molecule has 0 atom stereocenters. The number of amides is 1. The summed E-state index contributed by atoms with van der Waals surface area (Å²) < 4.78 is 0. The first kappa shape index (κ1) is 14.2. The highest BCUT2D eigenvalue weighted by atomic mass is 16.1. The molecule has 3 rings (SSSR count). The summed E-state index contributed by atoms with van der Waals surface area (Å²) in [6.07, 6.45) is 2.44. The smallest absolute Gasteiger partial charge is 0.255 e. The molecular formula is C18H17N3O. The van der Waals surface area contributed by atoms with Crippen molar-refractivity contribution in [1.82, 2.24) is 0 Å². The van der Waals surface area contributed by atoms with Crippen molar-refractivity contribution in [2.45, 2.75) is 12.8 Å². The van der Waals surface area contributed by atoms with E-state index in [1.807, 2.05) is 24.3 Å². The summed E-state index contributed by atoms with van der Waals surface area (Å²) in [7, 11) is 0. The van der Waals surface area contributed by atoms with Gasteiger partial charge in [-0.2, -0.15) is 5.26 Å². The maximum Gasteiger partial charge on any atom is 0.255 e. The van der Waals surface area contributed by atoms with Crippen LogP contribution in [0.15, 0.2) is 48.5 Å². The topological polar surface area (TPSA) is 56.1 Å². The van der Waals surface area contributed by atoms with Gasteiger partial charge >= 0.3 is 0 Å². The SMILES string of the molecule is N#Cc1cccc(C(=O)Nc2cccc(N3CCCC3)c2)c1. The van der Waals surface area contributed by atoms with Crippen molar-refractivity contribution < 1.29 is 4.79 Å². The van der Waals surface area contributed by atoms with Gasteiger partial charge in [0.25, 0.3) is 5.91 Å². The van der Waals surface area contributed by atoms with Gasteiger partial charge in [0.15, 0.2) is 0 Å². The summed E-state index contributed by atoms with van der Waals surface area (Å²) in [4.78, 5) is 14.6. The minimum absolute atomic E-state index is 0.198. The van der Waals surface area contributed by atoms with E-state index in [0.29, 0.717) is 11.1 Å². The van der Waals surface area contributed by atoms with Crippen LogP contribution in [0.3, 0.4) is 0 Å². The Labute approximate surface area is 130 Å². The first-order chi connectivity index (χ1) is 10.8. The van der Waals surface area contributed by atoms with Crippen LogP contribution in [0.5, 0.6) is 0 Å². The van der Waals surface area contributed by atoms with Crippen LogP contribution in [0.1, 0.15) is 28.8 Å². The summed E-state index contributed by atoms with van der Waals surface area (Å²) >= 11 is 0. The van der Waals surface area contributed by atoms with Crippen molar-refractivity contribution in [1.29, 1.82) is 5.26 Å². The number of nitrogens with one attached hydrogen (secondary N) is 1. The third-order valence-electron chi connectivity index (χ3n) is 3.83. The van der Waals surface area contributed by atoms with E-state index in [1.54, 1.807) is 24.3 Å². The molecule has 0 aliphatic carbocycles. The van der Waals surface area contributed by atoms with Crippen LogP contribution in [0.2, 0.25) is 0 Å². The number of nitrogens with zero attached hydrogens (tertiary/aromatic N) is 2. The number of benzene rings is 2. The molecule has 2 aromatic carbocycles. The molecule has 0 bridgehead atoms. The molecule has 1 amide bonds. The normalized spacial score (nSPS) is 13.7. The number of hydrogen-bond donors (Lipinski definition) is 1. The summed E-state index contributed by atoms with van der Waals surface area (Å²) in [5.74, 6) is -0.198. The molecule has 110 valence electrons. The largest absolute Gasteiger partial charge is 0.371 e. The second-order valence-electron chi connectivity index (χ2n) is 5.39. The molecule has 4 heteroatoms. The third-order valence-corrected chi connectivity index (χ3v) is 3.83. The van der Waals surface area contributed by atoms with Crippen molar-refractivity contribution in [3.05, 3.63) is 59.7 Å². The first-order valence-electron chi connectivity index (χ1n) is 7.43. The highest BCUT2D eigenvalue weighted by Gasteiger charge is 2.13. The zero-order valence-corrected chi connectivity index (χ0v) is 12.2. The van der Waals surface area contributed by atoms with Crippen molar-refractivity contribution >= 4 is 17.3 Å². The Morgan fingerprint density at radius 3 is 2.64 bits per heavy atom. The predicted molar refractivity (Wildman–Crippen MR) is 87.0 cm³/mol. The number of anilines is 2. The van der Waals surface area contributed by atoms with Gasteiger partial charge in [-0.25, -0.2) is 0 Å². The lowest BCUT2D eigenvalue weighted by atomic mass is 10.1. The summed E-state index contributed by atoms with van der Waals surface area (Å²) in [6.45, 7) is 2.14. The number of rotatable bonds is 3. The molecule has 1 fully saturated rings. The molecule has 2 aromatic rings. The van der Waals surface area contributed by atoms with Crippen molar-refractivity contribution in [3.8, 4) is 6.07 Å². The second-order valence-corrected chi connectivity index (χ2v) is 5.39. The zero-order valence-electron chi connectivity index (χ0n) is 12.2. The molecule has 0 spiro atoms. The van der Waals surface area contributed by atoms with Gasteiger partial charge in [-0.1, -0.05) is 12.1 Å². The van der Waals surface area contributed by atoms with Gasteiger partial charge < -0.3 is 10.2 Å². The van der Waals surface area contributed by atoms with E-state index in [4.69, 9.17) is 5.26 Å². The van der Waals surface area contributed by atoms with E-state index < -0.39 is 0 Å². The lowest BCUT2D eigenvalue weighted by molar-refractivity contribution is 0.102. The van der Waals surface area contributed by atoms with Gasteiger partial charge in [0.05, 0.1) is 11.6 Å². The molecule has 1 N–H and O–H groups in total. The Morgan fingerprint density at radius 2 is 1.86 bits per heavy atom. The van der Waals surface area contributed by atoms with Crippen LogP contribution < -0.4 is 10.2 Å². The van der Waals surface area contributed by atoms with Crippen LogP contribution in [0, 0.1) is 11.3 Å². The molecule has 22 heavy (non-hydrogen) atoms. The number of carbonyl (C=O) groups excluding carboxylic acids is 1. The molecular weight excluding hydrogens is 274 g/mol. The molecule has 1 aliphatic heterocycles. The number of carbonyl (C=O) groups is 1. The maximum atomic E-state index is 12.3. The third kappa shape index (κ3) is 3.09. The van der Waals surface area contributed by atoms with Crippen LogP contribution in [-0.4, -0.2) is 19.0 Å². The van der Waals surface area contributed by atoms with E-state index in [2.05, 4.69) is 16.3 Å². The van der Waals surface area contributed by atoms with Crippen LogP contribution in [0.4, 0.5) is 11.4 Å². The molecule has 1 aliphatic rings. The Kier molecular flexibility index (Phi) is 4.06. The fourth-order valence-corrected chi connectivity index (χ4v) is 2.69. The minimum Gasteiger partial charge on any atom is -0.371 e.